The van der Waals surface area contributed by atoms with Crippen LogP contribution in [0.25, 0.3) is 11.2 Å². The fraction of sp³-hybridized carbons (Fsp3) is 0.821. The second-order valence-electron chi connectivity index (χ2n) is 10.7. The fourth-order valence-corrected chi connectivity index (χ4v) is 6.01. The summed E-state index contributed by atoms with van der Waals surface area (Å²) in [5.74, 6) is -0.175. The first kappa shape index (κ1) is 34.4. The molecular formula is C28H52N5O6P. The van der Waals surface area contributed by atoms with E-state index in [0.29, 0.717) is 6.42 Å². The van der Waals surface area contributed by atoms with Gasteiger partial charge < -0.3 is 30.0 Å². The number of nitrogen functional groups attached to an aromatic ring is 1. The van der Waals surface area contributed by atoms with E-state index in [2.05, 4.69) is 21.9 Å². The number of unbranched alkanes of at least 4 members (excludes halogenated alkanes) is 15. The van der Waals surface area contributed by atoms with Crippen LogP contribution in [0.4, 0.5) is 5.95 Å². The molecule has 0 radical (unpaired) electrons. The SMILES string of the molecule is CCCCCCCCCCCCCCCCCCOC(CC)(OC(C)n1c(N)nc2nc[nH]c2c1=O)P(=O)(O)O. The fourth-order valence-electron chi connectivity index (χ4n) is 5.05. The van der Waals surface area contributed by atoms with Gasteiger partial charge in [0.05, 0.1) is 12.9 Å². The molecule has 2 heterocycles. The molecule has 2 aromatic heterocycles. The Morgan fingerprint density at radius 1 is 0.950 bits per heavy atom. The van der Waals surface area contributed by atoms with Crippen LogP contribution < -0.4 is 11.3 Å². The van der Waals surface area contributed by atoms with Crippen molar-refractivity contribution in [3.05, 3.63) is 16.7 Å². The molecule has 2 unspecified atom stereocenters. The van der Waals surface area contributed by atoms with Crippen molar-refractivity contribution >= 4 is 24.7 Å². The van der Waals surface area contributed by atoms with Crippen molar-refractivity contribution in [3.8, 4) is 0 Å². The zero-order valence-electron chi connectivity index (χ0n) is 24.8. The van der Waals surface area contributed by atoms with Gasteiger partial charge in [-0.25, -0.2) is 4.98 Å². The predicted octanol–water partition coefficient (Wildman–Crippen LogP) is 6.76. The van der Waals surface area contributed by atoms with E-state index in [1.807, 2.05) is 0 Å². The Morgan fingerprint density at radius 2 is 1.45 bits per heavy atom. The quantitative estimate of drug-likeness (QED) is 0.0626. The number of anilines is 1. The highest BCUT2D eigenvalue weighted by molar-refractivity contribution is 7.53. The number of nitrogens with one attached hydrogen (secondary N) is 1. The van der Waals surface area contributed by atoms with Crippen LogP contribution in [0.1, 0.15) is 136 Å². The van der Waals surface area contributed by atoms with Gasteiger partial charge in [0.25, 0.3) is 11.1 Å². The van der Waals surface area contributed by atoms with Crippen LogP contribution in [-0.4, -0.2) is 41.4 Å². The molecule has 0 spiro atoms. The highest BCUT2D eigenvalue weighted by Gasteiger charge is 2.50. The first-order valence-corrected chi connectivity index (χ1v) is 16.9. The second-order valence-corrected chi connectivity index (χ2v) is 12.5. The summed E-state index contributed by atoms with van der Waals surface area (Å²) in [7, 11) is -4.88. The number of nitrogens with two attached hydrogens (primary N) is 1. The first-order chi connectivity index (χ1) is 19.2. The number of H-pyrrole nitrogens is 1. The molecule has 40 heavy (non-hydrogen) atoms. The molecule has 0 aliphatic carbocycles. The lowest BCUT2D eigenvalue weighted by Crippen LogP contribution is -2.40. The van der Waals surface area contributed by atoms with Crippen molar-refractivity contribution in [1.29, 1.82) is 0 Å². The number of hydrogen-bond donors (Lipinski definition) is 4. The molecule has 230 valence electrons. The van der Waals surface area contributed by atoms with Crippen LogP contribution in [0.3, 0.4) is 0 Å². The van der Waals surface area contributed by atoms with Crippen molar-refractivity contribution in [2.75, 3.05) is 12.3 Å². The number of hydrogen-bond acceptors (Lipinski definition) is 7. The molecule has 2 aromatic rings. The number of fused-ring (bicyclic) bond motifs is 1. The van der Waals surface area contributed by atoms with E-state index in [0.717, 1.165) is 23.8 Å². The summed E-state index contributed by atoms with van der Waals surface area (Å²) in [6.45, 7) is 5.43. The zero-order chi connectivity index (χ0) is 29.4. The van der Waals surface area contributed by atoms with Crippen LogP contribution in [0.2, 0.25) is 0 Å². The molecule has 5 N–H and O–H groups in total. The molecule has 0 saturated carbocycles. The summed E-state index contributed by atoms with van der Waals surface area (Å²) in [4.78, 5) is 43.9. The topological polar surface area (TPSA) is 166 Å². The molecule has 0 saturated heterocycles. The number of aromatic nitrogens is 4. The Bertz CT molecular complexity index is 1090. The first-order valence-electron chi connectivity index (χ1n) is 15.2. The summed E-state index contributed by atoms with van der Waals surface area (Å²) < 4.78 is 25.0. The van der Waals surface area contributed by atoms with Crippen molar-refractivity contribution in [3.63, 3.8) is 0 Å². The van der Waals surface area contributed by atoms with E-state index in [-0.39, 0.29) is 30.1 Å². The average Bonchev–Trinajstić information content (AvgIpc) is 3.38. The van der Waals surface area contributed by atoms with Gasteiger partial charge in [-0.2, -0.15) is 4.98 Å². The molecule has 2 atom stereocenters. The number of aromatic amines is 1. The van der Waals surface area contributed by atoms with Gasteiger partial charge >= 0.3 is 7.60 Å². The highest BCUT2D eigenvalue weighted by atomic mass is 31.2. The van der Waals surface area contributed by atoms with Gasteiger partial charge in [0.1, 0.15) is 6.23 Å². The van der Waals surface area contributed by atoms with Gasteiger partial charge in [-0.15, -0.1) is 0 Å². The smallest absolute Gasteiger partial charge is 0.369 e. The molecule has 0 aromatic carbocycles. The summed E-state index contributed by atoms with van der Waals surface area (Å²) >= 11 is 0. The maximum Gasteiger partial charge on any atom is 0.384 e. The maximum atomic E-state index is 12.9. The van der Waals surface area contributed by atoms with E-state index in [4.69, 9.17) is 15.2 Å². The van der Waals surface area contributed by atoms with Crippen LogP contribution >= 0.6 is 7.60 Å². The summed E-state index contributed by atoms with van der Waals surface area (Å²) in [6.07, 6.45) is 19.8. The minimum atomic E-state index is -4.88. The third-order valence-corrected chi connectivity index (χ3v) is 8.89. The maximum absolute atomic E-state index is 12.9. The average molecular weight is 586 g/mol. The van der Waals surface area contributed by atoms with Crippen LogP contribution in [0, 0.1) is 0 Å². The van der Waals surface area contributed by atoms with Crippen molar-refractivity contribution in [2.45, 2.75) is 142 Å². The Hall–Kier alpha value is -1.78. The monoisotopic (exact) mass is 585 g/mol. The Morgan fingerprint density at radius 3 is 1.93 bits per heavy atom. The van der Waals surface area contributed by atoms with Gasteiger partial charge in [0, 0.05) is 6.42 Å². The summed E-state index contributed by atoms with van der Waals surface area (Å²) in [5, 5.41) is 0. The van der Waals surface area contributed by atoms with Gasteiger partial charge in [0.2, 0.25) is 5.95 Å². The van der Waals surface area contributed by atoms with Gasteiger partial charge in [-0.1, -0.05) is 110 Å². The number of rotatable bonds is 23. The number of ether oxygens (including phenoxy) is 2. The lowest BCUT2D eigenvalue weighted by molar-refractivity contribution is -0.229. The minimum absolute atomic E-state index is 0.116. The molecule has 0 fully saturated rings. The third-order valence-electron chi connectivity index (χ3n) is 7.45. The Labute approximate surface area is 238 Å². The second kappa shape index (κ2) is 17.9. The Kier molecular flexibility index (Phi) is 15.4. The zero-order valence-corrected chi connectivity index (χ0v) is 25.7. The van der Waals surface area contributed by atoms with Crippen molar-refractivity contribution in [1.82, 2.24) is 19.5 Å². The summed E-state index contributed by atoms with van der Waals surface area (Å²) in [5.41, 5.74) is 3.47. The van der Waals surface area contributed by atoms with E-state index in [9.17, 15) is 19.1 Å². The van der Waals surface area contributed by atoms with Gasteiger partial charge in [-0.3, -0.25) is 13.9 Å². The minimum Gasteiger partial charge on any atom is -0.369 e. The lowest BCUT2D eigenvalue weighted by Gasteiger charge is -2.35. The van der Waals surface area contributed by atoms with Gasteiger partial charge in [0.15, 0.2) is 11.2 Å². The molecule has 0 aliphatic rings. The molecular weight excluding hydrogens is 533 g/mol. The highest BCUT2D eigenvalue weighted by Crippen LogP contribution is 2.55. The van der Waals surface area contributed by atoms with E-state index < -0.39 is 24.9 Å². The van der Waals surface area contributed by atoms with Crippen LogP contribution in [0.5, 0.6) is 0 Å². The molecule has 0 aliphatic heterocycles. The van der Waals surface area contributed by atoms with Crippen LogP contribution in [0.15, 0.2) is 11.1 Å². The Balaban J connectivity index is 1.69. The predicted molar refractivity (Wildman–Crippen MR) is 159 cm³/mol. The number of imidazole rings is 1. The molecule has 0 bridgehead atoms. The third kappa shape index (κ3) is 10.6. The van der Waals surface area contributed by atoms with Crippen molar-refractivity contribution in [2.24, 2.45) is 0 Å². The van der Waals surface area contributed by atoms with Crippen molar-refractivity contribution < 1.29 is 23.8 Å². The van der Waals surface area contributed by atoms with Crippen LogP contribution in [-0.2, 0) is 14.0 Å². The molecule has 2 rings (SSSR count). The van der Waals surface area contributed by atoms with E-state index in [1.54, 1.807) is 6.92 Å². The normalized spacial score (nSPS) is 14.5. The van der Waals surface area contributed by atoms with Gasteiger partial charge in [-0.05, 0) is 13.3 Å². The molecule has 0 amide bonds. The lowest BCUT2D eigenvalue weighted by atomic mass is 10.0. The molecule has 11 nitrogen and oxygen atoms in total. The largest absolute Gasteiger partial charge is 0.384 e. The van der Waals surface area contributed by atoms with E-state index in [1.165, 1.54) is 90.3 Å². The summed E-state index contributed by atoms with van der Waals surface area (Å²) in [6, 6.07) is 0. The standard InChI is InChI=1S/C28H52N5O6P/c1-4-6-7-8-9-10-11-12-13-14-15-16-17-18-19-20-21-38-28(5-2,40(35,36)37)39-23(3)33-26(34)24-25(31-22-30-24)32-27(33)29/h22-23H,4-21H2,1-3H3,(H2,29,32)(H,30,31)(H2,35,36,37). The van der Waals surface area contributed by atoms with E-state index >= 15 is 0 Å². The molecule has 12 heteroatoms. The number of nitrogens with zero attached hydrogens (tertiary/aromatic N) is 3.